The lowest BCUT2D eigenvalue weighted by molar-refractivity contribution is -0.121. The average molecular weight is 423 g/mol. The molecule has 0 aromatic heterocycles. The number of carbonyl (C=O) groups is 1. The summed E-state index contributed by atoms with van der Waals surface area (Å²) in [5.41, 5.74) is 3.40. The van der Waals surface area contributed by atoms with Crippen molar-refractivity contribution in [1.82, 2.24) is 0 Å². The van der Waals surface area contributed by atoms with E-state index in [-0.39, 0.29) is 34.6 Å². The van der Waals surface area contributed by atoms with Crippen LogP contribution in [0, 0.1) is 5.92 Å². The molecule has 2 heterocycles. The average Bonchev–Trinajstić information content (AvgIpc) is 3.12. The summed E-state index contributed by atoms with van der Waals surface area (Å²) in [6.45, 7) is 8.23. The summed E-state index contributed by atoms with van der Waals surface area (Å²) in [5, 5.41) is 0.616. The Hall–Kier alpha value is -1.34. The number of para-hydroxylation sites is 1. The van der Waals surface area contributed by atoms with Gasteiger partial charge in [-0.2, -0.15) is 4.99 Å². The Bertz CT molecular complexity index is 853. The van der Waals surface area contributed by atoms with Gasteiger partial charge in [-0.3, -0.25) is 4.79 Å². The van der Waals surface area contributed by atoms with Crippen LogP contribution in [0.15, 0.2) is 23.2 Å². The Morgan fingerprint density at radius 3 is 2.29 bits per heavy atom. The third-order valence-corrected chi connectivity index (χ3v) is 9.02. The van der Waals surface area contributed by atoms with E-state index >= 15 is 0 Å². The van der Waals surface area contributed by atoms with E-state index in [0.717, 1.165) is 31.4 Å². The van der Waals surface area contributed by atoms with Gasteiger partial charge >= 0.3 is 0 Å². The van der Waals surface area contributed by atoms with E-state index in [1.165, 1.54) is 22.9 Å². The molecule has 0 radical (unpaired) electrons. The molecule has 1 aromatic carbocycles. The number of thioether (sulfide) groups is 1. The first-order valence-electron chi connectivity index (χ1n) is 10.2. The number of hydrogen-bond acceptors (Lipinski definition) is 4. The molecule has 0 N–H and O–H groups in total. The van der Waals surface area contributed by atoms with E-state index in [1.54, 1.807) is 0 Å². The van der Waals surface area contributed by atoms with Gasteiger partial charge in [0, 0.05) is 16.9 Å². The fourth-order valence-electron chi connectivity index (χ4n) is 4.17. The Labute approximate surface area is 172 Å². The van der Waals surface area contributed by atoms with Crippen LogP contribution in [0.1, 0.15) is 51.7 Å². The van der Waals surface area contributed by atoms with Crippen LogP contribution in [0.4, 0.5) is 5.69 Å². The molecule has 28 heavy (non-hydrogen) atoms. The van der Waals surface area contributed by atoms with Crippen molar-refractivity contribution in [3.63, 3.8) is 0 Å². The number of amidine groups is 1. The quantitative estimate of drug-likeness (QED) is 0.697. The van der Waals surface area contributed by atoms with Gasteiger partial charge in [0.25, 0.3) is 5.91 Å². The lowest BCUT2D eigenvalue weighted by atomic mass is 10.0. The number of rotatable bonds is 6. The minimum Gasteiger partial charge on any atom is -0.315 e. The maximum absolute atomic E-state index is 12.7. The topological polar surface area (TPSA) is 66.8 Å². The lowest BCUT2D eigenvalue weighted by Crippen LogP contribution is -2.39. The van der Waals surface area contributed by atoms with Gasteiger partial charge in [-0.15, -0.1) is 0 Å². The van der Waals surface area contributed by atoms with Crippen molar-refractivity contribution in [2.24, 2.45) is 10.9 Å². The molecule has 0 spiro atoms. The molecule has 2 fully saturated rings. The summed E-state index contributed by atoms with van der Waals surface area (Å²) in [4.78, 5) is 19.4. The molecule has 0 aliphatic carbocycles. The van der Waals surface area contributed by atoms with Gasteiger partial charge in [-0.25, -0.2) is 8.42 Å². The van der Waals surface area contributed by atoms with Crippen molar-refractivity contribution in [3.05, 3.63) is 29.3 Å². The second-order valence-corrected chi connectivity index (χ2v) is 10.9. The van der Waals surface area contributed by atoms with E-state index in [2.05, 4.69) is 41.9 Å². The van der Waals surface area contributed by atoms with E-state index in [9.17, 15) is 13.2 Å². The summed E-state index contributed by atoms with van der Waals surface area (Å²) in [7, 11) is -3.07. The third kappa shape index (κ3) is 4.01. The van der Waals surface area contributed by atoms with Gasteiger partial charge in [-0.1, -0.05) is 57.7 Å². The number of aryl methyl sites for hydroxylation is 2. The highest BCUT2D eigenvalue weighted by atomic mass is 32.2. The molecular formula is C21H30N2O3S2. The van der Waals surface area contributed by atoms with E-state index in [4.69, 9.17) is 0 Å². The largest absolute Gasteiger partial charge is 0.315 e. The zero-order valence-corrected chi connectivity index (χ0v) is 18.8. The lowest BCUT2D eigenvalue weighted by Gasteiger charge is -2.29. The van der Waals surface area contributed by atoms with Gasteiger partial charge in [0.2, 0.25) is 0 Å². The van der Waals surface area contributed by atoms with E-state index in [0.29, 0.717) is 5.17 Å². The van der Waals surface area contributed by atoms with Crippen LogP contribution in [-0.4, -0.2) is 42.3 Å². The van der Waals surface area contributed by atoms with Crippen LogP contribution in [0.5, 0.6) is 0 Å². The number of carbonyl (C=O) groups excluding carboxylic acids is 1. The van der Waals surface area contributed by atoms with Gasteiger partial charge < -0.3 is 4.90 Å². The normalized spacial score (nSPS) is 24.9. The number of amides is 1. The molecule has 5 nitrogen and oxygen atoms in total. The molecule has 1 amide bonds. The smallest absolute Gasteiger partial charge is 0.251 e. The van der Waals surface area contributed by atoms with Crippen molar-refractivity contribution in [2.75, 3.05) is 16.4 Å². The third-order valence-electron chi connectivity index (χ3n) is 5.81. The van der Waals surface area contributed by atoms with Crippen LogP contribution in [0.2, 0.25) is 0 Å². The Morgan fingerprint density at radius 1 is 1.14 bits per heavy atom. The Balaban J connectivity index is 2.11. The molecular weight excluding hydrogens is 392 g/mol. The van der Waals surface area contributed by atoms with Crippen LogP contribution in [0.25, 0.3) is 0 Å². The van der Waals surface area contributed by atoms with Crippen LogP contribution < -0.4 is 4.90 Å². The number of benzene rings is 1. The highest BCUT2D eigenvalue weighted by molar-refractivity contribution is 8.16. The maximum Gasteiger partial charge on any atom is 0.251 e. The van der Waals surface area contributed by atoms with Gasteiger partial charge in [0.05, 0.1) is 17.5 Å². The Kier molecular flexibility index (Phi) is 6.54. The van der Waals surface area contributed by atoms with E-state index in [1.807, 2.05) is 13.8 Å². The summed E-state index contributed by atoms with van der Waals surface area (Å²) < 4.78 is 24.6. The van der Waals surface area contributed by atoms with Crippen LogP contribution in [0.3, 0.4) is 0 Å². The molecule has 2 aliphatic rings. The maximum atomic E-state index is 12.7. The molecule has 3 rings (SSSR count). The minimum atomic E-state index is -3.07. The molecule has 2 saturated heterocycles. The SMILES string of the molecule is CCc1cccc(CC)c1N1C(=NC(=O)C(CC)CC)S[C@@H]2CS(=O)(=O)C[C@@H]21. The number of fused-ring (bicyclic) bond motifs is 1. The fraction of sp³-hybridized carbons (Fsp3) is 0.619. The molecule has 1 aromatic rings. The van der Waals surface area contributed by atoms with Crippen molar-refractivity contribution < 1.29 is 13.2 Å². The summed E-state index contributed by atoms with van der Waals surface area (Å²) in [5.74, 6) is 0.121. The van der Waals surface area contributed by atoms with Crippen LogP contribution >= 0.6 is 11.8 Å². The number of nitrogens with zero attached hydrogens (tertiary/aromatic N) is 2. The second kappa shape index (κ2) is 8.57. The van der Waals surface area contributed by atoms with Crippen molar-refractivity contribution >= 4 is 38.4 Å². The first-order valence-corrected chi connectivity index (χ1v) is 12.9. The van der Waals surface area contributed by atoms with Gasteiger partial charge in [0.15, 0.2) is 15.0 Å². The van der Waals surface area contributed by atoms with Crippen molar-refractivity contribution in [1.29, 1.82) is 0 Å². The predicted octanol–water partition coefficient (Wildman–Crippen LogP) is 3.85. The van der Waals surface area contributed by atoms with Gasteiger partial charge in [0.1, 0.15) is 0 Å². The van der Waals surface area contributed by atoms with Gasteiger partial charge in [-0.05, 0) is 36.8 Å². The zero-order valence-electron chi connectivity index (χ0n) is 17.1. The highest BCUT2D eigenvalue weighted by Gasteiger charge is 2.50. The van der Waals surface area contributed by atoms with E-state index < -0.39 is 9.84 Å². The standard InChI is InChI=1S/C21H30N2O3S2/c1-5-14(6-2)20(24)22-21-23(17-12-28(25,26)13-18(17)27-21)19-15(7-3)10-9-11-16(19)8-4/h9-11,14,17-18H,5-8,12-13H2,1-4H3/t17-,18+/m0/s1. The summed E-state index contributed by atoms with van der Waals surface area (Å²) in [6.07, 6.45) is 3.23. The minimum absolute atomic E-state index is 0.0622. The molecule has 0 saturated carbocycles. The number of sulfone groups is 1. The number of hydrogen-bond donors (Lipinski definition) is 0. The predicted molar refractivity (Wildman–Crippen MR) is 118 cm³/mol. The highest BCUT2D eigenvalue weighted by Crippen LogP contribution is 2.43. The molecule has 0 bridgehead atoms. The Morgan fingerprint density at radius 2 is 1.75 bits per heavy atom. The zero-order chi connectivity index (χ0) is 20.5. The molecule has 2 atom stereocenters. The van der Waals surface area contributed by atoms with Crippen molar-refractivity contribution in [3.8, 4) is 0 Å². The summed E-state index contributed by atoms with van der Waals surface area (Å²) >= 11 is 1.47. The first-order chi connectivity index (χ1) is 13.3. The molecule has 2 aliphatic heterocycles. The molecule has 0 unspecified atom stereocenters. The number of aliphatic imine (C=N–C) groups is 1. The first kappa shape index (κ1) is 21.4. The number of anilines is 1. The monoisotopic (exact) mass is 422 g/mol. The van der Waals surface area contributed by atoms with Crippen molar-refractivity contribution in [2.45, 2.75) is 64.7 Å². The molecule has 154 valence electrons. The fourth-order valence-corrected chi connectivity index (χ4v) is 8.08. The molecule has 7 heteroatoms. The van der Waals surface area contributed by atoms with Crippen LogP contribution in [-0.2, 0) is 27.5 Å². The summed E-state index contributed by atoms with van der Waals surface area (Å²) in [6, 6.07) is 6.09. The second-order valence-electron chi connectivity index (χ2n) is 7.55.